The van der Waals surface area contributed by atoms with Crippen molar-refractivity contribution in [2.45, 2.75) is 19.8 Å². The van der Waals surface area contributed by atoms with E-state index in [1.54, 1.807) is 0 Å². The second-order valence-corrected chi connectivity index (χ2v) is 8.48. The number of aromatic nitrogens is 2. The van der Waals surface area contributed by atoms with E-state index in [2.05, 4.69) is 69.6 Å². The molecule has 1 amide bonds. The fourth-order valence-corrected chi connectivity index (χ4v) is 4.68. The first-order valence-electron chi connectivity index (χ1n) is 11.0. The van der Waals surface area contributed by atoms with Crippen LogP contribution in [0.25, 0.3) is 16.6 Å². The zero-order valence-corrected chi connectivity index (χ0v) is 17.6. The highest BCUT2D eigenvalue weighted by Gasteiger charge is 2.28. The van der Waals surface area contributed by atoms with Gasteiger partial charge >= 0.3 is 0 Å². The van der Waals surface area contributed by atoms with Crippen molar-refractivity contribution in [2.24, 2.45) is 5.92 Å². The zero-order valence-electron chi connectivity index (χ0n) is 17.6. The van der Waals surface area contributed by atoms with Crippen molar-refractivity contribution in [1.82, 2.24) is 20.0 Å². The Balaban J connectivity index is 1.32. The van der Waals surface area contributed by atoms with Crippen LogP contribution in [-0.2, 0) is 4.79 Å². The molecule has 2 fully saturated rings. The van der Waals surface area contributed by atoms with Gasteiger partial charge in [-0.15, -0.1) is 0 Å². The van der Waals surface area contributed by atoms with E-state index in [0.717, 1.165) is 68.7 Å². The highest BCUT2D eigenvalue weighted by Crippen LogP contribution is 2.26. The number of amides is 1. The molecular weight excluding hydrogens is 374 g/mol. The normalized spacial score (nSPS) is 18.2. The Labute approximate surface area is 177 Å². The van der Waals surface area contributed by atoms with Crippen LogP contribution < -0.4 is 10.2 Å². The number of piperidine rings is 1. The number of rotatable bonds is 3. The highest BCUT2D eigenvalue weighted by molar-refractivity contribution is 5.84. The van der Waals surface area contributed by atoms with Crippen LogP contribution in [0.5, 0.6) is 0 Å². The molecule has 6 nitrogen and oxygen atoms in total. The number of nitrogens with one attached hydrogen (secondary N) is 1. The summed E-state index contributed by atoms with van der Waals surface area (Å²) in [5, 5.41) is 9.11. The summed E-state index contributed by atoms with van der Waals surface area (Å²) in [6.45, 7) is 7.39. The number of piperazine rings is 1. The number of carbonyl (C=O) groups is 1. The molecule has 0 spiro atoms. The molecule has 0 saturated carbocycles. The maximum atomic E-state index is 12.8. The largest absolute Gasteiger partial charge is 0.368 e. The first kappa shape index (κ1) is 19.1. The molecule has 2 aromatic carbocycles. The summed E-state index contributed by atoms with van der Waals surface area (Å²) in [5.41, 5.74) is 4.62. The van der Waals surface area contributed by atoms with Crippen LogP contribution in [0.3, 0.4) is 0 Å². The van der Waals surface area contributed by atoms with Gasteiger partial charge in [0.1, 0.15) is 0 Å². The van der Waals surface area contributed by atoms with Gasteiger partial charge in [0, 0.05) is 43.2 Å². The minimum Gasteiger partial charge on any atom is -0.368 e. The molecule has 2 aliphatic rings. The van der Waals surface area contributed by atoms with Crippen molar-refractivity contribution >= 4 is 22.5 Å². The monoisotopic (exact) mass is 403 g/mol. The van der Waals surface area contributed by atoms with Crippen LogP contribution in [0.1, 0.15) is 18.4 Å². The third-order valence-electron chi connectivity index (χ3n) is 6.45. The van der Waals surface area contributed by atoms with E-state index in [1.165, 1.54) is 11.3 Å². The minimum atomic E-state index is 0.206. The summed E-state index contributed by atoms with van der Waals surface area (Å²) in [5.74, 6) is 0.557. The smallest absolute Gasteiger partial charge is 0.225 e. The van der Waals surface area contributed by atoms with E-state index in [4.69, 9.17) is 0 Å². The maximum Gasteiger partial charge on any atom is 0.225 e. The van der Waals surface area contributed by atoms with Gasteiger partial charge in [-0.1, -0.05) is 12.1 Å². The summed E-state index contributed by atoms with van der Waals surface area (Å²) in [4.78, 5) is 17.3. The van der Waals surface area contributed by atoms with E-state index >= 15 is 0 Å². The number of benzene rings is 2. The molecule has 2 saturated heterocycles. The lowest BCUT2D eigenvalue weighted by atomic mass is 9.96. The van der Waals surface area contributed by atoms with Crippen molar-refractivity contribution in [2.75, 3.05) is 44.2 Å². The number of anilines is 1. The van der Waals surface area contributed by atoms with E-state index in [0.29, 0.717) is 5.91 Å². The standard InChI is InChI=1S/C24H29N5O/c1-18-3-2-4-22(15-18)29-23-16-21(6-5-20(23)17-26-29)27-11-13-28(14-12-27)24(30)19-7-9-25-10-8-19/h2-6,15-17,19,25H,7-14H2,1H3. The molecule has 5 rings (SSSR count). The van der Waals surface area contributed by atoms with Gasteiger partial charge in [0.2, 0.25) is 5.91 Å². The lowest BCUT2D eigenvalue weighted by Gasteiger charge is -2.38. The Hall–Kier alpha value is -2.86. The quantitative estimate of drug-likeness (QED) is 0.731. The number of hydrogen-bond donors (Lipinski definition) is 1. The van der Waals surface area contributed by atoms with Gasteiger partial charge in [-0.3, -0.25) is 4.79 Å². The molecule has 1 aromatic heterocycles. The fraction of sp³-hybridized carbons (Fsp3) is 0.417. The van der Waals surface area contributed by atoms with Crippen molar-refractivity contribution in [3.63, 3.8) is 0 Å². The lowest BCUT2D eigenvalue weighted by molar-refractivity contribution is -0.136. The zero-order chi connectivity index (χ0) is 20.5. The van der Waals surface area contributed by atoms with Crippen molar-refractivity contribution in [1.29, 1.82) is 0 Å². The third-order valence-corrected chi connectivity index (χ3v) is 6.45. The highest BCUT2D eigenvalue weighted by atomic mass is 16.2. The van der Waals surface area contributed by atoms with Crippen LogP contribution in [0.15, 0.2) is 48.7 Å². The summed E-state index contributed by atoms with van der Waals surface area (Å²) in [6, 6.07) is 15.0. The molecule has 0 radical (unpaired) electrons. The molecule has 156 valence electrons. The van der Waals surface area contributed by atoms with E-state index < -0.39 is 0 Å². The Morgan fingerprint density at radius 1 is 1.00 bits per heavy atom. The van der Waals surface area contributed by atoms with E-state index in [1.807, 2.05) is 10.9 Å². The van der Waals surface area contributed by atoms with Gasteiger partial charge < -0.3 is 15.1 Å². The van der Waals surface area contributed by atoms with Gasteiger partial charge in [-0.05, 0) is 68.8 Å². The number of fused-ring (bicyclic) bond motifs is 1. The Morgan fingerprint density at radius 2 is 1.80 bits per heavy atom. The van der Waals surface area contributed by atoms with Crippen molar-refractivity contribution < 1.29 is 4.79 Å². The van der Waals surface area contributed by atoms with Gasteiger partial charge in [0.05, 0.1) is 17.4 Å². The first-order valence-corrected chi connectivity index (χ1v) is 11.0. The van der Waals surface area contributed by atoms with Crippen LogP contribution in [0.2, 0.25) is 0 Å². The lowest BCUT2D eigenvalue weighted by Crippen LogP contribution is -2.51. The summed E-state index contributed by atoms with van der Waals surface area (Å²) < 4.78 is 2.02. The van der Waals surface area contributed by atoms with E-state index in [-0.39, 0.29) is 5.92 Å². The topological polar surface area (TPSA) is 53.4 Å². The SMILES string of the molecule is Cc1cccc(-n2ncc3ccc(N4CCN(C(=O)C5CCNCC5)CC4)cc32)c1. The number of hydrogen-bond acceptors (Lipinski definition) is 4. The van der Waals surface area contributed by atoms with Gasteiger partial charge in [0.15, 0.2) is 0 Å². The van der Waals surface area contributed by atoms with Crippen LogP contribution >= 0.6 is 0 Å². The number of nitrogens with zero attached hydrogens (tertiary/aromatic N) is 4. The summed E-state index contributed by atoms with van der Waals surface area (Å²) in [6.07, 6.45) is 3.87. The Kier molecular flexibility index (Phi) is 5.17. The number of aryl methyl sites for hydroxylation is 1. The first-order chi connectivity index (χ1) is 14.7. The fourth-order valence-electron chi connectivity index (χ4n) is 4.68. The van der Waals surface area contributed by atoms with Crippen LogP contribution in [0, 0.1) is 12.8 Å². The molecule has 0 bridgehead atoms. The number of carbonyl (C=O) groups excluding carboxylic acids is 1. The summed E-state index contributed by atoms with van der Waals surface area (Å²) in [7, 11) is 0. The third kappa shape index (κ3) is 3.67. The van der Waals surface area contributed by atoms with E-state index in [9.17, 15) is 4.79 Å². The Bertz CT molecular complexity index is 1040. The molecule has 0 aliphatic carbocycles. The molecule has 0 unspecified atom stereocenters. The molecular formula is C24H29N5O. The molecule has 1 N–H and O–H groups in total. The molecule has 0 atom stereocenters. The predicted molar refractivity (Wildman–Crippen MR) is 120 cm³/mol. The minimum absolute atomic E-state index is 0.206. The maximum absolute atomic E-state index is 12.8. The molecule has 30 heavy (non-hydrogen) atoms. The van der Waals surface area contributed by atoms with Gasteiger partial charge in [0.25, 0.3) is 0 Å². The summed E-state index contributed by atoms with van der Waals surface area (Å²) >= 11 is 0. The predicted octanol–water partition coefficient (Wildman–Crippen LogP) is 2.98. The van der Waals surface area contributed by atoms with Crippen molar-refractivity contribution in [3.05, 3.63) is 54.2 Å². The second kappa shape index (κ2) is 8.11. The van der Waals surface area contributed by atoms with Crippen LogP contribution in [-0.4, -0.2) is 59.9 Å². The van der Waals surface area contributed by atoms with Crippen LogP contribution in [0.4, 0.5) is 5.69 Å². The van der Waals surface area contributed by atoms with Crippen molar-refractivity contribution in [3.8, 4) is 5.69 Å². The average molecular weight is 404 g/mol. The average Bonchev–Trinajstić information content (AvgIpc) is 3.23. The second-order valence-electron chi connectivity index (χ2n) is 8.48. The molecule has 3 heterocycles. The van der Waals surface area contributed by atoms with Gasteiger partial charge in [-0.25, -0.2) is 4.68 Å². The van der Waals surface area contributed by atoms with Gasteiger partial charge in [-0.2, -0.15) is 5.10 Å². The molecule has 6 heteroatoms. The molecule has 3 aromatic rings. The Morgan fingerprint density at radius 3 is 2.57 bits per heavy atom. The molecule has 2 aliphatic heterocycles.